The van der Waals surface area contributed by atoms with Crippen LogP contribution in [-0.4, -0.2) is 30.6 Å². The molecule has 1 heterocycles. The second kappa shape index (κ2) is 7.63. The number of ether oxygens (including phenoxy) is 1. The van der Waals surface area contributed by atoms with Crippen LogP contribution in [0.4, 0.5) is 0 Å². The molecular formula is C21H25NO2. The van der Waals surface area contributed by atoms with Crippen LogP contribution in [0.15, 0.2) is 48.5 Å². The lowest BCUT2D eigenvalue weighted by atomic mass is 9.97. The van der Waals surface area contributed by atoms with Crippen molar-refractivity contribution in [3.05, 3.63) is 59.7 Å². The highest BCUT2D eigenvalue weighted by molar-refractivity contribution is 5.90. The summed E-state index contributed by atoms with van der Waals surface area (Å²) < 4.78 is 5.16. The fraction of sp³-hybridized carbons (Fsp3) is 0.381. The van der Waals surface area contributed by atoms with E-state index in [1.165, 1.54) is 23.1 Å². The summed E-state index contributed by atoms with van der Waals surface area (Å²) in [4.78, 5) is 14.6. The molecule has 1 unspecified atom stereocenters. The summed E-state index contributed by atoms with van der Waals surface area (Å²) in [6.07, 6.45) is 1.25. The van der Waals surface area contributed by atoms with Crippen molar-refractivity contribution in [1.29, 1.82) is 0 Å². The summed E-state index contributed by atoms with van der Waals surface area (Å²) in [6, 6.07) is 16.3. The van der Waals surface area contributed by atoms with E-state index in [-0.39, 0.29) is 5.97 Å². The van der Waals surface area contributed by atoms with Gasteiger partial charge in [0.25, 0.3) is 0 Å². The Bertz CT molecular complexity index is 696. The number of nitrogens with zero attached hydrogens (tertiary/aromatic N) is 1. The minimum Gasteiger partial charge on any atom is -0.462 e. The van der Waals surface area contributed by atoms with E-state index in [4.69, 9.17) is 4.74 Å². The molecule has 0 amide bonds. The number of carbonyl (C=O) groups is 1. The maximum Gasteiger partial charge on any atom is 0.338 e. The van der Waals surface area contributed by atoms with Crippen molar-refractivity contribution in [2.75, 3.05) is 19.7 Å². The molecule has 126 valence electrons. The van der Waals surface area contributed by atoms with Gasteiger partial charge in [-0.15, -0.1) is 0 Å². The molecule has 2 aromatic carbocycles. The third-order valence-corrected chi connectivity index (χ3v) is 4.60. The van der Waals surface area contributed by atoms with Crippen LogP contribution in [-0.2, 0) is 11.3 Å². The number of carbonyl (C=O) groups excluding carboxylic acids is 1. The zero-order chi connectivity index (χ0) is 16.9. The highest BCUT2D eigenvalue weighted by Gasteiger charge is 2.20. The normalized spacial score (nSPS) is 17.8. The van der Waals surface area contributed by atoms with Gasteiger partial charge in [-0.2, -0.15) is 0 Å². The third-order valence-electron chi connectivity index (χ3n) is 4.60. The predicted octanol–water partition coefficient (Wildman–Crippen LogP) is 4.37. The quantitative estimate of drug-likeness (QED) is 0.765. The maximum absolute atomic E-state index is 12.1. The van der Waals surface area contributed by atoms with E-state index in [9.17, 15) is 4.79 Å². The number of benzene rings is 2. The van der Waals surface area contributed by atoms with E-state index < -0.39 is 0 Å². The van der Waals surface area contributed by atoms with Crippen molar-refractivity contribution in [3.8, 4) is 11.1 Å². The first-order valence-corrected chi connectivity index (χ1v) is 8.75. The van der Waals surface area contributed by atoms with Crippen LogP contribution in [0.5, 0.6) is 0 Å². The highest BCUT2D eigenvalue weighted by atomic mass is 16.5. The molecular weight excluding hydrogens is 298 g/mol. The fourth-order valence-electron chi connectivity index (χ4n) is 3.38. The molecule has 24 heavy (non-hydrogen) atoms. The molecule has 1 fully saturated rings. The Labute approximate surface area is 144 Å². The lowest BCUT2D eigenvalue weighted by Gasteiger charge is -2.19. The van der Waals surface area contributed by atoms with Gasteiger partial charge in [0.2, 0.25) is 0 Å². The van der Waals surface area contributed by atoms with Crippen LogP contribution < -0.4 is 0 Å². The Morgan fingerprint density at radius 3 is 2.67 bits per heavy atom. The Morgan fingerprint density at radius 2 is 2.00 bits per heavy atom. The average Bonchev–Trinajstić information content (AvgIpc) is 3.01. The number of hydrogen-bond acceptors (Lipinski definition) is 3. The van der Waals surface area contributed by atoms with Gasteiger partial charge in [-0.1, -0.05) is 43.3 Å². The van der Waals surface area contributed by atoms with E-state index >= 15 is 0 Å². The van der Waals surface area contributed by atoms with Gasteiger partial charge >= 0.3 is 5.97 Å². The van der Waals surface area contributed by atoms with E-state index in [1.807, 2.05) is 25.1 Å². The standard InChI is InChI=1S/C21H25NO2/c1-3-24-21(23)18-9-10-20(17-7-5-4-6-8-17)19(13-18)15-22-12-11-16(2)14-22/h4-10,13,16H,3,11-12,14-15H2,1-2H3. The summed E-state index contributed by atoms with van der Waals surface area (Å²) in [5.74, 6) is 0.506. The van der Waals surface area contributed by atoms with Crippen LogP contribution in [0.25, 0.3) is 11.1 Å². The number of esters is 1. The van der Waals surface area contributed by atoms with Gasteiger partial charge in [0.15, 0.2) is 0 Å². The van der Waals surface area contributed by atoms with Crippen molar-refractivity contribution in [3.63, 3.8) is 0 Å². The molecule has 2 aromatic rings. The van der Waals surface area contributed by atoms with Crippen molar-refractivity contribution in [2.45, 2.75) is 26.8 Å². The maximum atomic E-state index is 12.1. The number of hydrogen-bond donors (Lipinski definition) is 0. The van der Waals surface area contributed by atoms with E-state index in [0.717, 1.165) is 25.6 Å². The topological polar surface area (TPSA) is 29.5 Å². The molecule has 1 atom stereocenters. The highest BCUT2D eigenvalue weighted by Crippen LogP contribution is 2.28. The van der Waals surface area contributed by atoms with Gasteiger partial charge in [0, 0.05) is 13.1 Å². The minimum absolute atomic E-state index is 0.242. The van der Waals surface area contributed by atoms with E-state index in [0.29, 0.717) is 12.2 Å². The van der Waals surface area contributed by atoms with E-state index in [2.05, 4.69) is 42.2 Å². The van der Waals surface area contributed by atoms with Crippen molar-refractivity contribution in [1.82, 2.24) is 4.90 Å². The van der Waals surface area contributed by atoms with Gasteiger partial charge < -0.3 is 4.74 Å². The summed E-state index contributed by atoms with van der Waals surface area (Å²) in [5, 5.41) is 0. The second-order valence-electron chi connectivity index (χ2n) is 6.59. The molecule has 1 saturated heterocycles. The monoisotopic (exact) mass is 323 g/mol. The molecule has 0 spiro atoms. The first kappa shape index (κ1) is 16.7. The molecule has 3 rings (SSSR count). The van der Waals surface area contributed by atoms with Gasteiger partial charge in [-0.25, -0.2) is 4.79 Å². The van der Waals surface area contributed by atoms with Crippen LogP contribution >= 0.6 is 0 Å². The predicted molar refractivity (Wildman–Crippen MR) is 96.9 cm³/mol. The summed E-state index contributed by atoms with van der Waals surface area (Å²) >= 11 is 0. The first-order valence-electron chi connectivity index (χ1n) is 8.75. The summed E-state index contributed by atoms with van der Waals surface area (Å²) in [7, 11) is 0. The van der Waals surface area contributed by atoms with Gasteiger partial charge in [0.1, 0.15) is 0 Å². The van der Waals surface area contributed by atoms with Crippen LogP contribution in [0.2, 0.25) is 0 Å². The third kappa shape index (κ3) is 3.85. The van der Waals surface area contributed by atoms with Gasteiger partial charge in [-0.05, 0) is 54.6 Å². The smallest absolute Gasteiger partial charge is 0.338 e. The molecule has 0 aromatic heterocycles. The van der Waals surface area contributed by atoms with E-state index in [1.54, 1.807) is 0 Å². The lowest BCUT2D eigenvalue weighted by molar-refractivity contribution is 0.0526. The Kier molecular flexibility index (Phi) is 5.31. The molecule has 0 N–H and O–H groups in total. The molecule has 0 saturated carbocycles. The van der Waals surface area contributed by atoms with Crippen LogP contribution in [0.1, 0.15) is 36.2 Å². The molecule has 1 aliphatic rings. The zero-order valence-corrected chi connectivity index (χ0v) is 14.5. The molecule has 3 nitrogen and oxygen atoms in total. The van der Waals surface area contributed by atoms with Crippen LogP contribution in [0, 0.1) is 5.92 Å². The van der Waals surface area contributed by atoms with Gasteiger partial charge in [0.05, 0.1) is 12.2 Å². The minimum atomic E-state index is -0.242. The molecule has 3 heteroatoms. The SMILES string of the molecule is CCOC(=O)c1ccc(-c2ccccc2)c(CN2CCC(C)C2)c1. The lowest BCUT2D eigenvalue weighted by Crippen LogP contribution is -2.20. The summed E-state index contributed by atoms with van der Waals surface area (Å²) in [6.45, 7) is 7.66. The zero-order valence-electron chi connectivity index (χ0n) is 14.5. The molecule has 1 aliphatic heterocycles. The number of rotatable bonds is 5. The second-order valence-corrected chi connectivity index (χ2v) is 6.59. The molecule has 0 radical (unpaired) electrons. The number of likely N-dealkylation sites (tertiary alicyclic amines) is 1. The fourth-order valence-corrected chi connectivity index (χ4v) is 3.38. The first-order chi connectivity index (χ1) is 11.7. The Morgan fingerprint density at radius 1 is 1.21 bits per heavy atom. The summed E-state index contributed by atoms with van der Waals surface area (Å²) in [5.41, 5.74) is 4.22. The van der Waals surface area contributed by atoms with Crippen molar-refractivity contribution < 1.29 is 9.53 Å². The van der Waals surface area contributed by atoms with Crippen molar-refractivity contribution >= 4 is 5.97 Å². The van der Waals surface area contributed by atoms with Crippen molar-refractivity contribution in [2.24, 2.45) is 5.92 Å². The Hall–Kier alpha value is -2.13. The van der Waals surface area contributed by atoms with Crippen LogP contribution in [0.3, 0.4) is 0 Å². The average molecular weight is 323 g/mol. The Balaban J connectivity index is 1.93. The largest absolute Gasteiger partial charge is 0.462 e. The molecule has 0 aliphatic carbocycles. The van der Waals surface area contributed by atoms with Gasteiger partial charge in [-0.3, -0.25) is 4.90 Å². The molecule has 0 bridgehead atoms.